The standard InChI is InChI=1S/C17H24N2O2/c1-12-9-14-7-5-6-8-16(14)19(12)13(2)17-20-10-15(11-21-17)18(3)4/h5-9,13,15,17H,10-11H2,1-4H3. The number of rotatable bonds is 3. The average Bonchev–Trinajstić information content (AvgIpc) is 2.82. The predicted molar refractivity (Wildman–Crippen MR) is 84.6 cm³/mol. The smallest absolute Gasteiger partial charge is 0.178 e. The van der Waals surface area contributed by atoms with Gasteiger partial charge in [-0.15, -0.1) is 0 Å². The molecule has 0 radical (unpaired) electrons. The molecule has 21 heavy (non-hydrogen) atoms. The number of nitrogens with zero attached hydrogens (tertiary/aromatic N) is 2. The summed E-state index contributed by atoms with van der Waals surface area (Å²) in [5.41, 5.74) is 2.48. The monoisotopic (exact) mass is 288 g/mol. The summed E-state index contributed by atoms with van der Waals surface area (Å²) in [6.07, 6.45) is -0.185. The van der Waals surface area contributed by atoms with Gasteiger partial charge in [-0.3, -0.25) is 0 Å². The Morgan fingerprint density at radius 1 is 1.19 bits per heavy atom. The van der Waals surface area contributed by atoms with Crippen LogP contribution in [-0.2, 0) is 9.47 Å². The lowest BCUT2D eigenvalue weighted by atomic mass is 10.2. The first-order chi connectivity index (χ1) is 10.1. The summed E-state index contributed by atoms with van der Waals surface area (Å²) in [5, 5.41) is 1.27. The van der Waals surface area contributed by atoms with Gasteiger partial charge in [-0.25, -0.2) is 0 Å². The fourth-order valence-corrected chi connectivity index (χ4v) is 3.06. The third-order valence-corrected chi connectivity index (χ3v) is 4.38. The lowest BCUT2D eigenvalue weighted by molar-refractivity contribution is -0.217. The number of hydrogen-bond acceptors (Lipinski definition) is 3. The zero-order chi connectivity index (χ0) is 15.0. The summed E-state index contributed by atoms with van der Waals surface area (Å²) in [6, 6.07) is 11.2. The Bertz CT molecular complexity index is 612. The van der Waals surface area contributed by atoms with Crippen molar-refractivity contribution in [3.8, 4) is 0 Å². The fraction of sp³-hybridized carbons (Fsp3) is 0.529. The van der Waals surface area contributed by atoms with Crippen molar-refractivity contribution in [1.82, 2.24) is 9.47 Å². The summed E-state index contributed by atoms with van der Waals surface area (Å²) < 4.78 is 14.2. The normalized spacial score (nSPS) is 24.6. The second-order valence-corrected chi connectivity index (χ2v) is 6.11. The molecule has 1 unspecified atom stereocenters. The molecule has 0 N–H and O–H groups in total. The van der Waals surface area contributed by atoms with Crippen LogP contribution in [0.2, 0.25) is 0 Å². The summed E-state index contributed by atoms with van der Waals surface area (Å²) in [6.45, 7) is 5.75. The molecule has 1 atom stereocenters. The highest BCUT2D eigenvalue weighted by Gasteiger charge is 2.29. The minimum absolute atomic E-state index is 0.160. The maximum Gasteiger partial charge on any atom is 0.178 e. The zero-order valence-electron chi connectivity index (χ0n) is 13.2. The number of likely N-dealkylation sites (N-methyl/N-ethyl adjacent to an activating group) is 1. The second-order valence-electron chi connectivity index (χ2n) is 6.11. The van der Waals surface area contributed by atoms with Gasteiger partial charge in [-0.1, -0.05) is 18.2 Å². The molecule has 1 fully saturated rings. The van der Waals surface area contributed by atoms with E-state index in [-0.39, 0.29) is 12.3 Å². The first-order valence-electron chi connectivity index (χ1n) is 7.54. The van der Waals surface area contributed by atoms with Gasteiger partial charge in [0, 0.05) is 11.2 Å². The second kappa shape index (κ2) is 5.79. The molecule has 0 spiro atoms. The van der Waals surface area contributed by atoms with Crippen molar-refractivity contribution in [3.05, 3.63) is 36.0 Å². The number of hydrogen-bond donors (Lipinski definition) is 0. The molecule has 1 aliphatic rings. The molecule has 4 nitrogen and oxygen atoms in total. The van der Waals surface area contributed by atoms with Crippen molar-refractivity contribution < 1.29 is 9.47 Å². The van der Waals surface area contributed by atoms with E-state index in [1.165, 1.54) is 16.6 Å². The lowest BCUT2D eigenvalue weighted by Crippen LogP contribution is -2.46. The van der Waals surface area contributed by atoms with E-state index in [0.29, 0.717) is 6.04 Å². The average molecular weight is 288 g/mol. The molecule has 3 rings (SSSR count). The van der Waals surface area contributed by atoms with Crippen molar-refractivity contribution in [2.45, 2.75) is 32.2 Å². The summed E-state index contributed by atoms with van der Waals surface area (Å²) in [4.78, 5) is 2.15. The topological polar surface area (TPSA) is 26.6 Å². The first-order valence-corrected chi connectivity index (χ1v) is 7.54. The van der Waals surface area contributed by atoms with Gasteiger partial charge in [0.1, 0.15) is 0 Å². The van der Waals surface area contributed by atoms with Gasteiger partial charge < -0.3 is 18.9 Å². The van der Waals surface area contributed by atoms with Gasteiger partial charge in [0.25, 0.3) is 0 Å². The molecule has 2 aromatic rings. The Kier molecular flexibility index (Phi) is 4.02. The minimum atomic E-state index is -0.185. The molecule has 1 aromatic carbocycles. The van der Waals surface area contributed by atoms with Crippen LogP contribution < -0.4 is 0 Å². The minimum Gasteiger partial charge on any atom is -0.349 e. The molecule has 114 valence electrons. The quantitative estimate of drug-likeness (QED) is 0.869. The Hall–Kier alpha value is -1.36. The van der Waals surface area contributed by atoms with Crippen molar-refractivity contribution in [2.24, 2.45) is 0 Å². The van der Waals surface area contributed by atoms with Gasteiger partial charge in [0.15, 0.2) is 6.29 Å². The van der Waals surface area contributed by atoms with Gasteiger partial charge in [-0.05, 0) is 45.5 Å². The molecule has 0 bridgehead atoms. The third kappa shape index (κ3) is 2.71. The van der Waals surface area contributed by atoms with Crippen LogP contribution in [0.3, 0.4) is 0 Å². The number of aromatic nitrogens is 1. The van der Waals surface area contributed by atoms with E-state index in [2.05, 4.69) is 67.7 Å². The highest BCUT2D eigenvalue weighted by Crippen LogP contribution is 2.28. The van der Waals surface area contributed by atoms with E-state index in [1.807, 2.05) is 0 Å². The highest BCUT2D eigenvalue weighted by atomic mass is 16.7. The first kappa shape index (κ1) is 14.6. The lowest BCUT2D eigenvalue weighted by Gasteiger charge is -2.36. The Morgan fingerprint density at radius 2 is 1.86 bits per heavy atom. The highest BCUT2D eigenvalue weighted by molar-refractivity contribution is 5.81. The van der Waals surface area contributed by atoms with Crippen LogP contribution in [-0.4, -0.2) is 49.1 Å². The molecule has 0 aliphatic carbocycles. The summed E-state index contributed by atoms with van der Waals surface area (Å²) >= 11 is 0. The summed E-state index contributed by atoms with van der Waals surface area (Å²) in [7, 11) is 4.12. The van der Waals surface area contributed by atoms with Crippen molar-refractivity contribution in [3.63, 3.8) is 0 Å². The zero-order valence-corrected chi connectivity index (χ0v) is 13.2. The van der Waals surface area contributed by atoms with Gasteiger partial charge in [0.2, 0.25) is 0 Å². The van der Waals surface area contributed by atoms with Crippen LogP contribution in [0.5, 0.6) is 0 Å². The third-order valence-electron chi connectivity index (χ3n) is 4.38. The van der Waals surface area contributed by atoms with Crippen LogP contribution in [0.1, 0.15) is 18.7 Å². The fourth-order valence-electron chi connectivity index (χ4n) is 3.06. The molecule has 2 heterocycles. The predicted octanol–water partition coefficient (Wildman–Crippen LogP) is 2.81. The SMILES string of the molecule is Cc1cc2ccccc2n1C(C)C1OCC(N(C)C)CO1. The summed E-state index contributed by atoms with van der Waals surface area (Å²) in [5.74, 6) is 0. The van der Waals surface area contributed by atoms with Crippen LogP contribution >= 0.6 is 0 Å². The van der Waals surface area contributed by atoms with E-state index in [0.717, 1.165) is 13.2 Å². The molecule has 0 saturated carbocycles. The molecule has 0 amide bonds. The van der Waals surface area contributed by atoms with Gasteiger partial charge in [0.05, 0.1) is 25.3 Å². The van der Waals surface area contributed by atoms with E-state index in [9.17, 15) is 0 Å². The maximum absolute atomic E-state index is 5.96. The molecule has 4 heteroatoms. The van der Waals surface area contributed by atoms with E-state index < -0.39 is 0 Å². The number of aryl methyl sites for hydroxylation is 1. The van der Waals surface area contributed by atoms with Gasteiger partial charge in [-0.2, -0.15) is 0 Å². The van der Waals surface area contributed by atoms with Crippen LogP contribution in [0.15, 0.2) is 30.3 Å². The van der Waals surface area contributed by atoms with Crippen molar-refractivity contribution in [2.75, 3.05) is 27.3 Å². The van der Waals surface area contributed by atoms with Crippen LogP contribution in [0.4, 0.5) is 0 Å². The van der Waals surface area contributed by atoms with E-state index >= 15 is 0 Å². The maximum atomic E-state index is 5.96. The molecular formula is C17H24N2O2. The Balaban J connectivity index is 1.82. The molecule has 1 aromatic heterocycles. The van der Waals surface area contributed by atoms with Gasteiger partial charge >= 0.3 is 0 Å². The number of ether oxygens (including phenoxy) is 2. The molecule has 1 saturated heterocycles. The number of fused-ring (bicyclic) bond motifs is 1. The van der Waals surface area contributed by atoms with Crippen molar-refractivity contribution >= 4 is 10.9 Å². The van der Waals surface area contributed by atoms with E-state index in [1.54, 1.807) is 0 Å². The van der Waals surface area contributed by atoms with Crippen LogP contribution in [0, 0.1) is 6.92 Å². The molecule has 1 aliphatic heterocycles. The van der Waals surface area contributed by atoms with Crippen molar-refractivity contribution in [1.29, 1.82) is 0 Å². The van der Waals surface area contributed by atoms with E-state index in [4.69, 9.17) is 9.47 Å². The Morgan fingerprint density at radius 3 is 2.52 bits per heavy atom. The molecular weight excluding hydrogens is 264 g/mol. The number of benzene rings is 1. The largest absolute Gasteiger partial charge is 0.349 e. The van der Waals surface area contributed by atoms with Crippen LogP contribution in [0.25, 0.3) is 10.9 Å². The Labute approximate surface area is 126 Å². The number of para-hydroxylation sites is 1.